The third-order valence-corrected chi connectivity index (χ3v) is 14.9. The summed E-state index contributed by atoms with van der Waals surface area (Å²) >= 11 is 0. The van der Waals surface area contributed by atoms with Crippen LogP contribution in [0, 0.1) is 22.7 Å². The van der Waals surface area contributed by atoms with Crippen molar-refractivity contribution in [1.29, 1.82) is 0 Å². The summed E-state index contributed by atoms with van der Waals surface area (Å²) in [5.41, 5.74) is -4.60. The first-order chi connectivity index (χ1) is 27.9. The summed E-state index contributed by atoms with van der Waals surface area (Å²) in [4.78, 5) is 50.6. The van der Waals surface area contributed by atoms with E-state index in [4.69, 9.17) is 37.6 Å². The number of aldehydes is 1. The number of hydrogen-bond acceptors (Lipinski definition) is 18. The van der Waals surface area contributed by atoms with E-state index in [0.29, 0.717) is 32.1 Å². The lowest BCUT2D eigenvalue weighted by Crippen LogP contribution is -2.71. The van der Waals surface area contributed by atoms with Crippen LogP contribution in [-0.4, -0.2) is 147 Å². The SMILES string of the molecule is COC1C(OC2OC(CO)C(O)C(O)C2O)C(C)OC(OC2CC3(O)CCC4C(CCC5(C)C(c6ccc(=O)oc6)CCC45O)C3(C=O)CC2OC(C)=O)C1OC(C)=O. The quantitative estimate of drug-likeness (QED) is 0.103. The van der Waals surface area contributed by atoms with E-state index >= 15 is 0 Å². The van der Waals surface area contributed by atoms with Gasteiger partial charge in [-0.25, -0.2) is 4.79 Å². The van der Waals surface area contributed by atoms with Crippen molar-refractivity contribution in [1.82, 2.24) is 0 Å². The lowest BCUT2D eigenvalue weighted by molar-refractivity contribution is -0.367. The number of rotatable bonds is 10. The average Bonchev–Trinajstić information content (AvgIpc) is 3.47. The number of aliphatic hydroxyl groups excluding tert-OH is 4. The number of fused-ring (bicyclic) bond motifs is 5. The van der Waals surface area contributed by atoms with Crippen LogP contribution in [0.25, 0.3) is 0 Å². The van der Waals surface area contributed by atoms with Crippen molar-refractivity contribution < 1.29 is 82.6 Å². The van der Waals surface area contributed by atoms with Gasteiger partial charge in [0, 0.05) is 45.3 Å². The molecule has 4 aliphatic carbocycles. The van der Waals surface area contributed by atoms with E-state index in [2.05, 4.69) is 0 Å². The first-order valence-corrected chi connectivity index (χ1v) is 20.5. The minimum atomic E-state index is -1.75. The first-order valence-electron chi connectivity index (χ1n) is 20.5. The maximum absolute atomic E-state index is 13.6. The smallest absolute Gasteiger partial charge is 0.335 e. The number of ether oxygens (including phenoxy) is 7. The predicted octanol–water partition coefficient (Wildman–Crippen LogP) is -0.0217. The predicted molar refractivity (Wildman–Crippen MR) is 198 cm³/mol. The van der Waals surface area contributed by atoms with Gasteiger partial charge in [-0.3, -0.25) is 9.59 Å². The number of carbonyl (C=O) groups is 3. The maximum atomic E-state index is 13.6. The van der Waals surface area contributed by atoms with Gasteiger partial charge in [0.25, 0.3) is 0 Å². The van der Waals surface area contributed by atoms with E-state index < -0.39 is 126 Å². The van der Waals surface area contributed by atoms with Gasteiger partial charge in [0.1, 0.15) is 55.1 Å². The van der Waals surface area contributed by atoms with Crippen LogP contribution in [0.3, 0.4) is 0 Å². The van der Waals surface area contributed by atoms with E-state index in [1.807, 2.05) is 6.92 Å². The normalized spacial score (nSPS) is 48.2. The van der Waals surface area contributed by atoms with Gasteiger partial charge in [0.2, 0.25) is 0 Å². The Balaban J connectivity index is 1.15. The highest BCUT2D eigenvalue weighted by atomic mass is 16.8. The van der Waals surface area contributed by atoms with Crippen LogP contribution in [0.4, 0.5) is 0 Å². The molecule has 0 bridgehead atoms. The minimum absolute atomic E-state index is 0.107. The van der Waals surface area contributed by atoms with Crippen molar-refractivity contribution in [2.24, 2.45) is 22.7 Å². The Bertz CT molecular complexity index is 1750. The molecule has 6 N–H and O–H groups in total. The second-order valence-corrected chi connectivity index (χ2v) is 17.8. The molecule has 0 spiro atoms. The van der Waals surface area contributed by atoms with Gasteiger partial charge in [-0.15, -0.1) is 0 Å². The fourth-order valence-electron chi connectivity index (χ4n) is 12.0. The Morgan fingerprint density at radius 2 is 1.56 bits per heavy atom. The van der Waals surface area contributed by atoms with Crippen LogP contribution in [0.1, 0.15) is 90.5 Å². The first kappa shape index (κ1) is 44.2. The monoisotopic (exact) mass is 838 g/mol. The Morgan fingerprint density at radius 1 is 0.847 bits per heavy atom. The molecular formula is C41H58O18. The zero-order valence-corrected chi connectivity index (χ0v) is 33.9. The summed E-state index contributed by atoms with van der Waals surface area (Å²) in [5, 5.41) is 66.5. The molecule has 2 aliphatic heterocycles. The number of carbonyl (C=O) groups excluding carboxylic acids is 3. The summed E-state index contributed by atoms with van der Waals surface area (Å²) in [6.45, 7) is 5.31. The van der Waals surface area contributed by atoms with E-state index in [0.717, 1.165) is 18.8 Å². The highest BCUT2D eigenvalue weighted by Gasteiger charge is 2.73. The fraction of sp³-hybridized carbons (Fsp3) is 0.805. The zero-order chi connectivity index (χ0) is 42.8. The van der Waals surface area contributed by atoms with Gasteiger partial charge >= 0.3 is 17.6 Å². The van der Waals surface area contributed by atoms with Crippen LogP contribution in [0.5, 0.6) is 0 Å². The van der Waals surface area contributed by atoms with Crippen molar-refractivity contribution in [3.63, 3.8) is 0 Å². The molecule has 59 heavy (non-hydrogen) atoms. The summed E-state index contributed by atoms with van der Waals surface area (Å²) < 4.78 is 47.0. The van der Waals surface area contributed by atoms with E-state index in [9.17, 15) is 49.8 Å². The van der Waals surface area contributed by atoms with Gasteiger partial charge in [0.05, 0.1) is 35.6 Å². The molecule has 0 radical (unpaired) electrons. The molecule has 18 heteroatoms. The molecule has 18 nitrogen and oxygen atoms in total. The number of esters is 2. The molecule has 1 aromatic rings. The fourth-order valence-corrected chi connectivity index (χ4v) is 12.0. The number of aliphatic hydroxyl groups is 6. The molecule has 6 aliphatic rings. The van der Waals surface area contributed by atoms with Crippen LogP contribution < -0.4 is 5.63 Å². The largest absolute Gasteiger partial charge is 0.460 e. The summed E-state index contributed by atoms with van der Waals surface area (Å²) in [6, 6.07) is 3.11. The van der Waals surface area contributed by atoms with Crippen molar-refractivity contribution in [2.75, 3.05) is 13.7 Å². The zero-order valence-electron chi connectivity index (χ0n) is 33.9. The second kappa shape index (κ2) is 16.4. The molecule has 3 heterocycles. The molecular weight excluding hydrogens is 780 g/mol. The number of methoxy groups -OCH3 is 1. The van der Waals surface area contributed by atoms with Crippen molar-refractivity contribution in [2.45, 2.75) is 170 Å². The summed E-state index contributed by atoms with van der Waals surface area (Å²) in [6.07, 6.45) is -11.7. The van der Waals surface area contributed by atoms with Crippen molar-refractivity contribution in [3.05, 3.63) is 34.4 Å². The molecule has 2 saturated heterocycles. The van der Waals surface area contributed by atoms with Crippen LogP contribution in [0.2, 0.25) is 0 Å². The Morgan fingerprint density at radius 3 is 2.19 bits per heavy atom. The number of hydrogen-bond donors (Lipinski definition) is 6. The van der Waals surface area contributed by atoms with Crippen LogP contribution in [0.15, 0.2) is 27.6 Å². The van der Waals surface area contributed by atoms with Gasteiger partial charge in [-0.05, 0) is 74.8 Å². The Labute approximate surface area is 341 Å². The molecule has 0 amide bonds. The van der Waals surface area contributed by atoms with Crippen molar-refractivity contribution >= 4 is 18.2 Å². The van der Waals surface area contributed by atoms with Crippen molar-refractivity contribution in [3.8, 4) is 0 Å². The summed E-state index contributed by atoms with van der Waals surface area (Å²) in [5.74, 6) is -2.39. The molecule has 330 valence electrons. The molecule has 19 unspecified atom stereocenters. The molecule has 0 aromatic carbocycles. The lowest BCUT2D eigenvalue weighted by atomic mass is 9.41. The third kappa shape index (κ3) is 7.28. The topological polar surface area (TPSA) is 267 Å². The Hall–Kier alpha value is -2.88. The summed E-state index contributed by atoms with van der Waals surface area (Å²) in [7, 11) is 1.31. The standard InChI is InChI=1S/C41H58O18/c1-19-33(59-36-32(49)31(48)30(47)28(16-42)58-36)34(52-5)35(56-21(3)45)37(54-19)57-27-15-40(50)12-9-25-24(39(40,18-43)14-26(27)55-20(2)44)8-11-38(4)23(10-13-41(25,38)51)22-6-7-29(46)53-17-22/h6-7,17-19,23-28,30-37,42,47-51H,8-16H2,1-5H3. The van der Waals surface area contributed by atoms with Crippen LogP contribution in [-0.2, 0) is 47.5 Å². The molecule has 19 atom stereocenters. The van der Waals surface area contributed by atoms with Gasteiger partial charge in [0.15, 0.2) is 18.7 Å². The van der Waals surface area contributed by atoms with Gasteiger partial charge < -0.3 is 73.0 Å². The van der Waals surface area contributed by atoms with Gasteiger partial charge in [-0.2, -0.15) is 0 Å². The lowest BCUT2D eigenvalue weighted by Gasteiger charge is -2.65. The highest BCUT2D eigenvalue weighted by molar-refractivity contribution is 5.68. The third-order valence-electron chi connectivity index (χ3n) is 14.9. The highest BCUT2D eigenvalue weighted by Crippen LogP contribution is 2.71. The van der Waals surface area contributed by atoms with E-state index in [1.54, 1.807) is 13.0 Å². The Kier molecular flexibility index (Phi) is 12.3. The molecule has 1 aromatic heterocycles. The minimum Gasteiger partial charge on any atom is -0.460 e. The maximum Gasteiger partial charge on any atom is 0.335 e. The molecule has 6 fully saturated rings. The molecule has 7 rings (SSSR count). The molecule has 4 saturated carbocycles. The van der Waals surface area contributed by atoms with Gasteiger partial charge in [-0.1, -0.05) is 6.92 Å². The average molecular weight is 839 g/mol. The van der Waals surface area contributed by atoms with E-state index in [1.165, 1.54) is 26.4 Å². The van der Waals surface area contributed by atoms with E-state index in [-0.39, 0.29) is 31.1 Å². The second-order valence-electron chi connectivity index (χ2n) is 17.8. The van der Waals surface area contributed by atoms with Crippen LogP contribution >= 0.6 is 0 Å².